The van der Waals surface area contributed by atoms with Gasteiger partial charge in [-0.15, -0.1) is 0 Å². The van der Waals surface area contributed by atoms with Gasteiger partial charge in [-0.2, -0.15) is 0 Å². The molecule has 4 saturated carbocycles. The van der Waals surface area contributed by atoms with Gasteiger partial charge in [0.15, 0.2) is 0 Å². The molecule has 4 heteroatoms. The van der Waals surface area contributed by atoms with Crippen molar-refractivity contribution in [2.75, 3.05) is 19.6 Å². The molecule has 0 aromatic rings. The fourth-order valence-electron chi connectivity index (χ4n) is 5.58. The molecular weight excluding hydrogens is 264 g/mol. The Hall–Kier alpha value is -1.06. The first kappa shape index (κ1) is 13.6. The zero-order chi connectivity index (χ0) is 14.4. The van der Waals surface area contributed by atoms with Crippen LogP contribution in [0.15, 0.2) is 0 Å². The molecule has 4 bridgehead atoms. The number of amides is 2. The molecule has 0 atom stereocenters. The molecule has 0 unspecified atom stereocenters. The summed E-state index contributed by atoms with van der Waals surface area (Å²) in [6, 6.07) is 0. The van der Waals surface area contributed by atoms with E-state index in [0.717, 1.165) is 56.5 Å². The predicted octanol–water partition coefficient (Wildman–Crippen LogP) is 1.94. The molecule has 5 rings (SSSR count). The molecule has 1 N–H and O–H groups in total. The van der Waals surface area contributed by atoms with Crippen molar-refractivity contribution in [2.24, 2.45) is 23.2 Å². The number of hydrogen-bond donors (Lipinski definition) is 1. The van der Waals surface area contributed by atoms with Crippen LogP contribution in [0.4, 0.5) is 0 Å². The molecule has 1 aliphatic heterocycles. The number of nitrogens with one attached hydrogen (secondary N) is 1. The second kappa shape index (κ2) is 4.99. The number of likely N-dealkylation sites (tertiary alicyclic amines) is 1. The van der Waals surface area contributed by atoms with E-state index in [2.05, 4.69) is 5.32 Å². The van der Waals surface area contributed by atoms with Gasteiger partial charge in [0, 0.05) is 31.5 Å². The predicted molar refractivity (Wildman–Crippen MR) is 79.4 cm³/mol. The minimum atomic E-state index is -0.0748. The second-order valence-corrected chi connectivity index (χ2v) is 7.94. The van der Waals surface area contributed by atoms with Crippen molar-refractivity contribution < 1.29 is 9.59 Å². The SMILES string of the molecule is O=C(CCNC(=O)C12CC3CC(CC(C3)C1)C2)N1CCC1. The molecule has 21 heavy (non-hydrogen) atoms. The zero-order valence-corrected chi connectivity index (χ0v) is 12.8. The Morgan fingerprint density at radius 1 is 1.00 bits per heavy atom. The largest absolute Gasteiger partial charge is 0.355 e. The highest BCUT2D eigenvalue weighted by Crippen LogP contribution is 2.60. The molecule has 1 heterocycles. The topological polar surface area (TPSA) is 49.4 Å². The van der Waals surface area contributed by atoms with Crippen LogP contribution in [0, 0.1) is 23.2 Å². The van der Waals surface area contributed by atoms with Crippen LogP contribution in [0.3, 0.4) is 0 Å². The van der Waals surface area contributed by atoms with E-state index in [1.807, 2.05) is 4.90 Å². The summed E-state index contributed by atoms with van der Waals surface area (Å²) in [5, 5.41) is 3.09. The Bertz CT molecular complexity index is 420. The van der Waals surface area contributed by atoms with E-state index in [1.54, 1.807) is 0 Å². The monoisotopic (exact) mass is 290 g/mol. The Morgan fingerprint density at radius 2 is 1.57 bits per heavy atom. The second-order valence-electron chi connectivity index (χ2n) is 7.94. The lowest BCUT2D eigenvalue weighted by Crippen LogP contribution is -2.54. The fourth-order valence-corrected chi connectivity index (χ4v) is 5.58. The summed E-state index contributed by atoms with van der Waals surface area (Å²) in [7, 11) is 0. The van der Waals surface area contributed by atoms with E-state index < -0.39 is 0 Å². The molecule has 116 valence electrons. The summed E-state index contributed by atoms with van der Waals surface area (Å²) < 4.78 is 0. The third-order valence-electron chi connectivity index (χ3n) is 6.35. The first-order valence-corrected chi connectivity index (χ1v) is 8.71. The van der Waals surface area contributed by atoms with Crippen LogP contribution >= 0.6 is 0 Å². The molecule has 0 radical (unpaired) electrons. The Labute approximate surface area is 126 Å². The van der Waals surface area contributed by atoms with Crippen LogP contribution < -0.4 is 5.32 Å². The zero-order valence-electron chi connectivity index (χ0n) is 12.8. The van der Waals surface area contributed by atoms with Crippen molar-refractivity contribution >= 4 is 11.8 Å². The quantitative estimate of drug-likeness (QED) is 0.860. The van der Waals surface area contributed by atoms with E-state index in [0.29, 0.717) is 13.0 Å². The van der Waals surface area contributed by atoms with Gasteiger partial charge in [-0.05, 0) is 62.7 Å². The van der Waals surface area contributed by atoms with Gasteiger partial charge in [0.05, 0.1) is 0 Å². The Kier molecular flexibility index (Phi) is 3.23. The molecule has 5 aliphatic rings. The normalized spacial score (nSPS) is 40.0. The van der Waals surface area contributed by atoms with Gasteiger partial charge in [-0.25, -0.2) is 0 Å². The molecule has 0 aromatic heterocycles. The van der Waals surface area contributed by atoms with Crippen LogP contribution in [-0.2, 0) is 9.59 Å². The average molecular weight is 290 g/mol. The van der Waals surface area contributed by atoms with Crippen LogP contribution in [-0.4, -0.2) is 36.3 Å². The summed E-state index contributed by atoms with van der Waals surface area (Å²) in [6.45, 7) is 2.33. The number of hydrogen-bond acceptors (Lipinski definition) is 2. The standard InChI is InChI=1S/C17H26N2O2/c20-15(19-4-1-5-19)2-3-18-16(21)17-9-12-6-13(10-17)8-14(7-12)11-17/h12-14H,1-11H2,(H,18,21). The summed E-state index contributed by atoms with van der Waals surface area (Å²) >= 11 is 0. The van der Waals surface area contributed by atoms with Crippen molar-refractivity contribution in [3.05, 3.63) is 0 Å². The van der Waals surface area contributed by atoms with Gasteiger partial charge >= 0.3 is 0 Å². The van der Waals surface area contributed by atoms with Gasteiger partial charge in [-0.1, -0.05) is 0 Å². The van der Waals surface area contributed by atoms with E-state index in [4.69, 9.17) is 0 Å². The lowest BCUT2D eigenvalue weighted by atomic mass is 9.49. The molecule has 1 saturated heterocycles. The number of carbonyl (C=O) groups is 2. The maximum atomic E-state index is 12.7. The first-order valence-electron chi connectivity index (χ1n) is 8.71. The van der Waals surface area contributed by atoms with Gasteiger partial charge in [-0.3, -0.25) is 9.59 Å². The lowest BCUT2D eigenvalue weighted by molar-refractivity contribution is -0.146. The van der Waals surface area contributed by atoms with Gasteiger partial charge in [0.2, 0.25) is 11.8 Å². The van der Waals surface area contributed by atoms with E-state index in [9.17, 15) is 9.59 Å². The summed E-state index contributed by atoms with van der Waals surface area (Å²) in [5.74, 6) is 2.84. The van der Waals surface area contributed by atoms with Crippen molar-refractivity contribution in [1.82, 2.24) is 10.2 Å². The lowest BCUT2D eigenvalue weighted by Gasteiger charge is -2.55. The molecule has 0 aromatic carbocycles. The summed E-state index contributed by atoms with van der Waals surface area (Å²) in [4.78, 5) is 26.4. The van der Waals surface area contributed by atoms with Gasteiger partial charge < -0.3 is 10.2 Å². The summed E-state index contributed by atoms with van der Waals surface area (Å²) in [5.41, 5.74) is -0.0748. The molecule has 2 amide bonds. The molecule has 4 nitrogen and oxygen atoms in total. The van der Waals surface area contributed by atoms with E-state index in [1.165, 1.54) is 19.3 Å². The minimum Gasteiger partial charge on any atom is -0.355 e. The minimum absolute atomic E-state index is 0.0748. The third kappa shape index (κ3) is 2.36. The Balaban J connectivity index is 1.31. The molecular formula is C17H26N2O2. The van der Waals surface area contributed by atoms with E-state index >= 15 is 0 Å². The highest BCUT2D eigenvalue weighted by molar-refractivity contribution is 5.84. The van der Waals surface area contributed by atoms with Crippen molar-refractivity contribution in [2.45, 2.75) is 51.4 Å². The van der Waals surface area contributed by atoms with Crippen molar-refractivity contribution in [3.63, 3.8) is 0 Å². The number of nitrogens with zero attached hydrogens (tertiary/aromatic N) is 1. The van der Waals surface area contributed by atoms with Gasteiger partial charge in [0.25, 0.3) is 0 Å². The number of rotatable bonds is 4. The summed E-state index contributed by atoms with van der Waals surface area (Å²) in [6.07, 6.45) is 8.99. The van der Waals surface area contributed by atoms with Crippen molar-refractivity contribution in [3.8, 4) is 0 Å². The van der Waals surface area contributed by atoms with Crippen LogP contribution in [0.25, 0.3) is 0 Å². The van der Waals surface area contributed by atoms with Crippen LogP contribution in [0.1, 0.15) is 51.4 Å². The van der Waals surface area contributed by atoms with Crippen LogP contribution in [0.2, 0.25) is 0 Å². The average Bonchev–Trinajstić information content (AvgIpc) is 2.34. The number of carbonyl (C=O) groups excluding carboxylic acids is 2. The van der Waals surface area contributed by atoms with E-state index in [-0.39, 0.29) is 17.2 Å². The third-order valence-corrected chi connectivity index (χ3v) is 6.35. The molecule has 4 aliphatic carbocycles. The Morgan fingerprint density at radius 3 is 2.05 bits per heavy atom. The maximum absolute atomic E-state index is 12.7. The highest BCUT2D eigenvalue weighted by atomic mass is 16.2. The highest BCUT2D eigenvalue weighted by Gasteiger charge is 2.54. The van der Waals surface area contributed by atoms with Crippen LogP contribution in [0.5, 0.6) is 0 Å². The molecule has 5 fully saturated rings. The van der Waals surface area contributed by atoms with Gasteiger partial charge in [0.1, 0.15) is 0 Å². The van der Waals surface area contributed by atoms with Crippen molar-refractivity contribution in [1.29, 1.82) is 0 Å². The maximum Gasteiger partial charge on any atom is 0.226 e. The smallest absolute Gasteiger partial charge is 0.226 e. The first-order chi connectivity index (χ1) is 10.1. The molecule has 0 spiro atoms. The fraction of sp³-hybridized carbons (Fsp3) is 0.882.